The van der Waals surface area contributed by atoms with Gasteiger partial charge in [-0.15, -0.1) is 0 Å². The van der Waals surface area contributed by atoms with Crippen molar-refractivity contribution >= 4 is 6.03 Å². The molecule has 0 aromatic heterocycles. The summed E-state index contributed by atoms with van der Waals surface area (Å²) >= 11 is 0. The Morgan fingerprint density at radius 1 is 1.12 bits per heavy atom. The molecule has 0 spiro atoms. The van der Waals surface area contributed by atoms with E-state index in [-0.39, 0.29) is 30.2 Å². The standard InChI is InChI=1S/C18H21FN2O3/c1-12(10-13-2-8-16(22)9-3-13)21-18(24)20-11-17(23)14-4-6-15(19)7-5-14/h2-9,12,17,22-23H,10-11H2,1H3,(H2,20,21,24). The number of hydrogen-bond donors (Lipinski definition) is 4. The molecule has 6 heteroatoms. The van der Waals surface area contributed by atoms with E-state index in [1.54, 1.807) is 24.3 Å². The van der Waals surface area contributed by atoms with Crippen molar-refractivity contribution in [3.8, 4) is 5.75 Å². The van der Waals surface area contributed by atoms with E-state index in [1.165, 1.54) is 24.3 Å². The smallest absolute Gasteiger partial charge is 0.315 e. The summed E-state index contributed by atoms with van der Waals surface area (Å²) in [4.78, 5) is 11.9. The fraction of sp³-hybridized carbons (Fsp3) is 0.278. The maximum atomic E-state index is 12.8. The lowest BCUT2D eigenvalue weighted by Gasteiger charge is -2.17. The summed E-state index contributed by atoms with van der Waals surface area (Å²) in [5, 5.41) is 24.6. The molecule has 2 amide bonds. The molecule has 2 rings (SSSR count). The van der Waals surface area contributed by atoms with E-state index in [0.29, 0.717) is 12.0 Å². The normalized spacial score (nSPS) is 13.1. The van der Waals surface area contributed by atoms with Gasteiger partial charge in [-0.3, -0.25) is 0 Å². The molecular formula is C18H21FN2O3. The van der Waals surface area contributed by atoms with Crippen molar-refractivity contribution in [2.75, 3.05) is 6.54 Å². The summed E-state index contributed by atoms with van der Waals surface area (Å²) in [6, 6.07) is 11.8. The van der Waals surface area contributed by atoms with Crippen LogP contribution in [0.25, 0.3) is 0 Å². The van der Waals surface area contributed by atoms with E-state index < -0.39 is 6.10 Å². The molecule has 0 fully saturated rings. The molecule has 2 atom stereocenters. The van der Waals surface area contributed by atoms with Crippen molar-refractivity contribution < 1.29 is 19.4 Å². The lowest BCUT2D eigenvalue weighted by Crippen LogP contribution is -2.43. The van der Waals surface area contributed by atoms with E-state index in [2.05, 4.69) is 10.6 Å². The van der Waals surface area contributed by atoms with Gasteiger partial charge in [0.05, 0.1) is 6.10 Å². The van der Waals surface area contributed by atoms with Crippen LogP contribution >= 0.6 is 0 Å². The third-order valence-electron chi connectivity index (χ3n) is 3.57. The minimum absolute atomic E-state index is 0.0311. The van der Waals surface area contributed by atoms with Crippen molar-refractivity contribution in [1.29, 1.82) is 0 Å². The molecule has 24 heavy (non-hydrogen) atoms. The number of phenolic OH excluding ortho intramolecular Hbond substituents is 1. The first-order chi connectivity index (χ1) is 11.4. The zero-order valence-electron chi connectivity index (χ0n) is 13.4. The molecule has 4 N–H and O–H groups in total. The van der Waals surface area contributed by atoms with E-state index in [0.717, 1.165) is 5.56 Å². The minimum Gasteiger partial charge on any atom is -0.508 e. The maximum Gasteiger partial charge on any atom is 0.315 e. The number of aliphatic hydroxyl groups excluding tert-OH is 1. The van der Waals surface area contributed by atoms with Gasteiger partial charge in [-0.2, -0.15) is 0 Å². The predicted molar refractivity (Wildman–Crippen MR) is 89.2 cm³/mol. The summed E-state index contributed by atoms with van der Waals surface area (Å²) < 4.78 is 12.8. The number of rotatable bonds is 6. The summed E-state index contributed by atoms with van der Waals surface area (Å²) in [7, 11) is 0. The van der Waals surface area contributed by atoms with Crippen LogP contribution in [-0.4, -0.2) is 28.8 Å². The monoisotopic (exact) mass is 332 g/mol. The molecule has 0 heterocycles. The third kappa shape index (κ3) is 5.55. The van der Waals surface area contributed by atoms with Gasteiger partial charge in [0.15, 0.2) is 0 Å². The number of nitrogens with one attached hydrogen (secondary N) is 2. The molecule has 0 bridgehead atoms. The number of aromatic hydroxyl groups is 1. The van der Waals surface area contributed by atoms with Crippen LogP contribution in [0.4, 0.5) is 9.18 Å². The second kappa shape index (κ2) is 8.31. The van der Waals surface area contributed by atoms with Crippen LogP contribution in [0.15, 0.2) is 48.5 Å². The SMILES string of the molecule is CC(Cc1ccc(O)cc1)NC(=O)NCC(O)c1ccc(F)cc1. The van der Waals surface area contributed by atoms with E-state index in [1.807, 2.05) is 6.92 Å². The zero-order valence-corrected chi connectivity index (χ0v) is 13.4. The van der Waals surface area contributed by atoms with Crippen molar-refractivity contribution in [3.05, 3.63) is 65.5 Å². The van der Waals surface area contributed by atoms with Gasteiger partial charge in [0.2, 0.25) is 0 Å². The first kappa shape index (κ1) is 17.7. The van der Waals surface area contributed by atoms with Crippen molar-refractivity contribution in [2.45, 2.75) is 25.5 Å². The average Bonchev–Trinajstić information content (AvgIpc) is 2.55. The number of phenols is 1. The molecule has 0 saturated heterocycles. The van der Waals surface area contributed by atoms with Gasteiger partial charge in [0, 0.05) is 12.6 Å². The largest absolute Gasteiger partial charge is 0.508 e. The van der Waals surface area contributed by atoms with Gasteiger partial charge in [0.1, 0.15) is 11.6 Å². The summed E-state index contributed by atoms with van der Waals surface area (Å²) in [6.45, 7) is 1.90. The number of halogens is 1. The van der Waals surface area contributed by atoms with Crippen LogP contribution in [0.1, 0.15) is 24.2 Å². The Morgan fingerprint density at radius 2 is 1.75 bits per heavy atom. The molecule has 2 aromatic rings. The van der Waals surface area contributed by atoms with Crippen molar-refractivity contribution in [2.24, 2.45) is 0 Å². The number of benzene rings is 2. The van der Waals surface area contributed by atoms with E-state index in [4.69, 9.17) is 0 Å². The Hall–Kier alpha value is -2.60. The number of carbonyl (C=O) groups is 1. The second-order valence-corrected chi connectivity index (χ2v) is 5.69. The highest BCUT2D eigenvalue weighted by molar-refractivity contribution is 5.74. The lowest BCUT2D eigenvalue weighted by molar-refractivity contribution is 0.172. The van der Waals surface area contributed by atoms with E-state index >= 15 is 0 Å². The molecule has 2 unspecified atom stereocenters. The quantitative estimate of drug-likeness (QED) is 0.656. The predicted octanol–water partition coefficient (Wildman–Crippen LogP) is 2.50. The Labute approximate surface area is 140 Å². The second-order valence-electron chi connectivity index (χ2n) is 5.69. The Balaban J connectivity index is 1.75. The van der Waals surface area contributed by atoms with Crippen LogP contribution in [0.2, 0.25) is 0 Å². The highest BCUT2D eigenvalue weighted by atomic mass is 19.1. The Bertz CT molecular complexity index is 659. The minimum atomic E-state index is -0.899. The molecule has 128 valence electrons. The number of carbonyl (C=O) groups excluding carboxylic acids is 1. The summed E-state index contributed by atoms with van der Waals surface area (Å²) in [6.07, 6.45) is -0.280. The number of hydrogen-bond acceptors (Lipinski definition) is 3. The van der Waals surface area contributed by atoms with Crippen LogP contribution in [0, 0.1) is 5.82 Å². The highest BCUT2D eigenvalue weighted by Gasteiger charge is 2.11. The lowest BCUT2D eigenvalue weighted by atomic mass is 10.1. The molecule has 5 nitrogen and oxygen atoms in total. The van der Waals surface area contributed by atoms with Gasteiger partial charge in [-0.1, -0.05) is 24.3 Å². The third-order valence-corrected chi connectivity index (χ3v) is 3.57. The molecule has 0 aliphatic carbocycles. The van der Waals surface area contributed by atoms with Crippen molar-refractivity contribution in [3.63, 3.8) is 0 Å². The summed E-state index contributed by atoms with van der Waals surface area (Å²) in [5.74, 6) is -0.174. The zero-order chi connectivity index (χ0) is 17.5. The van der Waals surface area contributed by atoms with Gasteiger partial charge >= 0.3 is 6.03 Å². The van der Waals surface area contributed by atoms with Gasteiger partial charge in [-0.05, 0) is 48.7 Å². The van der Waals surface area contributed by atoms with Crippen molar-refractivity contribution in [1.82, 2.24) is 10.6 Å². The molecular weight excluding hydrogens is 311 g/mol. The van der Waals surface area contributed by atoms with Crippen LogP contribution in [0.5, 0.6) is 5.75 Å². The van der Waals surface area contributed by atoms with E-state index in [9.17, 15) is 19.4 Å². The number of urea groups is 1. The highest BCUT2D eigenvalue weighted by Crippen LogP contribution is 2.13. The van der Waals surface area contributed by atoms with Crippen LogP contribution < -0.4 is 10.6 Å². The van der Waals surface area contributed by atoms with Gasteiger partial charge < -0.3 is 20.8 Å². The number of amides is 2. The molecule has 0 saturated carbocycles. The molecule has 0 aliphatic heterocycles. The van der Waals surface area contributed by atoms with Gasteiger partial charge in [-0.25, -0.2) is 9.18 Å². The fourth-order valence-corrected chi connectivity index (χ4v) is 2.30. The molecule has 2 aromatic carbocycles. The Kier molecular flexibility index (Phi) is 6.14. The summed E-state index contributed by atoms with van der Waals surface area (Å²) in [5.41, 5.74) is 1.53. The first-order valence-electron chi connectivity index (χ1n) is 7.70. The van der Waals surface area contributed by atoms with Crippen LogP contribution in [-0.2, 0) is 6.42 Å². The first-order valence-corrected chi connectivity index (χ1v) is 7.70. The average molecular weight is 332 g/mol. The Morgan fingerprint density at radius 3 is 2.38 bits per heavy atom. The van der Waals surface area contributed by atoms with Crippen LogP contribution in [0.3, 0.4) is 0 Å². The van der Waals surface area contributed by atoms with Gasteiger partial charge in [0.25, 0.3) is 0 Å². The maximum absolute atomic E-state index is 12.8. The number of aliphatic hydroxyl groups is 1. The fourth-order valence-electron chi connectivity index (χ4n) is 2.30. The topological polar surface area (TPSA) is 81.6 Å². The molecule has 0 aliphatic rings. The molecule has 0 radical (unpaired) electrons.